The van der Waals surface area contributed by atoms with Crippen LogP contribution in [0.3, 0.4) is 0 Å². The third-order valence-corrected chi connectivity index (χ3v) is 5.05. The molecule has 0 saturated heterocycles. The zero-order chi connectivity index (χ0) is 12.2. The van der Waals surface area contributed by atoms with Gasteiger partial charge in [0, 0.05) is 10.8 Å². The van der Waals surface area contributed by atoms with Crippen LogP contribution in [-0.4, -0.2) is 4.98 Å². The first kappa shape index (κ1) is 12.1. The Hall–Kier alpha value is -0.410. The largest absolute Gasteiger partial charge is 0.319 e. The molecule has 0 radical (unpaired) electrons. The number of hydrogen-bond donors (Lipinski definition) is 1. The first-order chi connectivity index (χ1) is 7.17. The Labute approximate surface area is 102 Å². The second kappa shape index (κ2) is 3.30. The minimum absolute atomic E-state index is 0.120. The van der Waals surface area contributed by atoms with Crippen molar-refractivity contribution in [1.29, 1.82) is 0 Å². The van der Waals surface area contributed by atoms with Crippen molar-refractivity contribution < 1.29 is 0 Å². The van der Waals surface area contributed by atoms with Gasteiger partial charge in [0.1, 0.15) is 5.01 Å². The summed E-state index contributed by atoms with van der Waals surface area (Å²) in [5, 5.41) is 3.25. The van der Waals surface area contributed by atoms with E-state index in [1.54, 1.807) is 11.3 Å². The maximum atomic E-state index is 6.48. The summed E-state index contributed by atoms with van der Waals surface area (Å²) in [5.41, 5.74) is 7.76. The molecule has 1 heterocycles. The van der Waals surface area contributed by atoms with Gasteiger partial charge in [0.05, 0.1) is 11.2 Å². The van der Waals surface area contributed by atoms with Gasteiger partial charge < -0.3 is 5.73 Å². The average molecular weight is 238 g/mol. The molecular formula is C13H22N2S. The Bertz CT molecular complexity index is 394. The zero-order valence-corrected chi connectivity index (χ0v) is 11.7. The van der Waals surface area contributed by atoms with Crippen LogP contribution in [0, 0.1) is 5.41 Å². The number of rotatable bonds is 2. The topological polar surface area (TPSA) is 38.9 Å². The number of aromatic nitrogens is 1. The van der Waals surface area contributed by atoms with Crippen molar-refractivity contribution in [3.05, 3.63) is 16.1 Å². The fourth-order valence-electron chi connectivity index (χ4n) is 1.82. The third kappa shape index (κ3) is 1.80. The third-order valence-electron chi connectivity index (χ3n) is 3.97. The van der Waals surface area contributed by atoms with Gasteiger partial charge in [0.2, 0.25) is 0 Å². The molecule has 0 amide bonds. The van der Waals surface area contributed by atoms with Crippen molar-refractivity contribution >= 4 is 11.3 Å². The quantitative estimate of drug-likeness (QED) is 0.857. The lowest BCUT2D eigenvalue weighted by Crippen LogP contribution is -2.41. The van der Waals surface area contributed by atoms with Crippen LogP contribution in [0.1, 0.15) is 58.2 Å². The van der Waals surface area contributed by atoms with Crippen molar-refractivity contribution in [1.82, 2.24) is 4.98 Å². The van der Waals surface area contributed by atoms with Gasteiger partial charge in [-0.15, -0.1) is 11.3 Å². The van der Waals surface area contributed by atoms with E-state index in [-0.39, 0.29) is 16.4 Å². The molecule has 16 heavy (non-hydrogen) atoms. The highest BCUT2D eigenvalue weighted by Gasteiger charge is 2.53. The Balaban J connectivity index is 2.32. The lowest BCUT2D eigenvalue weighted by atomic mass is 9.85. The first-order valence-corrected chi connectivity index (χ1v) is 6.80. The normalized spacial score (nSPS) is 22.9. The van der Waals surface area contributed by atoms with Gasteiger partial charge in [-0.05, 0) is 25.2 Å². The van der Waals surface area contributed by atoms with Gasteiger partial charge in [-0.2, -0.15) is 0 Å². The maximum Gasteiger partial charge on any atom is 0.113 e. The van der Waals surface area contributed by atoms with E-state index in [1.807, 2.05) is 0 Å². The molecule has 1 aliphatic rings. The van der Waals surface area contributed by atoms with Gasteiger partial charge >= 0.3 is 0 Å². The van der Waals surface area contributed by atoms with Gasteiger partial charge in [0.15, 0.2) is 0 Å². The summed E-state index contributed by atoms with van der Waals surface area (Å²) in [4.78, 5) is 4.75. The SMILES string of the molecule is CC(C)(C)c1csc(C(C)(N)C2(C)CC2)n1. The molecule has 1 atom stereocenters. The van der Waals surface area contributed by atoms with Crippen LogP contribution in [0.15, 0.2) is 5.38 Å². The fraction of sp³-hybridized carbons (Fsp3) is 0.769. The van der Waals surface area contributed by atoms with Gasteiger partial charge in [0.25, 0.3) is 0 Å². The van der Waals surface area contributed by atoms with E-state index in [4.69, 9.17) is 10.7 Å². The Morgan fingerprint density at radius 3 is 2.25 bits per heavy atom. The summed E-state index contributed by atoms with van der Waals surface area (Å²) in [6.45, 7) is 11.0. The Morgan fingerprint density at radius 2 is 1.88 bits per heavy atom. The molecule has 2 nitrogen and oxygen atoms in total. The fourth-order valence-corrected chi connectivity index (χ4v) is 3.09. The lowest BCUT2D eigenvalue weighted by molar-refractivity contribution is 0.298. The van der Waals surface area contributed by atoms with Crippen molar-refractivity contribution in [2.45, 2.75) is 58.4 Å². The zero-order valence-electron chi connectivity index (χ0n) is 10.9. The van der Waals surface area contributed by atoms with E-state index in [2.05, 4.69) is 40.0 Å². The number of nitrogens with two attached hydrogens (primary N) is 1. The predicted octanol–water partition coefficient (Wildman–Crippen LogP) is 3.41. The molecule has 0 spiro atoms. The van der Waals surface area contributed by atoms with E-state index in [0.29, 0.717) is 0 Å². The smallest absolute Gasteiger partial charge is 0.113 e. The van der Waals surface area contributed by atoms with E-state index in [1.165, 1.54) is 12.8 Å². The molecule has 0 aliphatic heterocycles. The number of nitrogens with zero attached hydrogens (tertiary/aromatic N) is 1. The van der Waals surface area contributed by atoms with E-state index < -0.39 is 0 Å². The van der Waals surface area contributed by atoms with Crippen LogP contribution < -0.4 is 5.73 Å². The molecular weight excluding hydrogens is 216 g/mol. The van der Waals surface area contributed by atoms with Crippen molar-refractivity contribution in [2.24, 2.45) is 11.1 Å². The molecule has 3 heteroatoms. The van der Waals surface area contributed by atoms with Crippen LogP contribution in [0.5, 0.6) is 0 Å². The van der Waals surface area contributed by atoms with Gasteiger partial charge in [-0.1, -0.05) is 27.7 Å². The highest BCUT2D eigenvalue weighted by molar-refractivity contribution is 7.09. The molecule has 1 unspecified atom stereocenters. The van der Waals surface area contributed by atoms with Crippen LogP contribution in [0.4, 0.5) is 0 Å². The molecule has 0 aromatic carbocycles. The second-order valence-corrected chi connectivity index (χ2v) is 7.41. The van der Waals surface area contributed by atoms with Crippen LogP contribution >= 0.6 is 11.3 Å². The predicted molar refractivity (Wildman–Crippen MR) is 69.7 cm³/mol. The molecule has 1 aromatic heterocycles. The van der Waals surface area contributed by atoms with Crippen molar-refractivity contribution in [3.63, 3.8) is 0 Å². The van der Waals surface area contributed by atoms with Gasteiger partial charge in [-0.25, -0.2) is 4.98 Å². The van der Waals surface area contributed by atoms with Crippen molar-refractivity contribution in [3.8, 4) is 0 Å². The monoisotopic (exact) mass is 238 g/mol. The summed E-state index contributed by atoms with van der Waals surface area (Å²) >= 11 is 1.71. The number of thiazole rings is 1. The summed E-state index contributed by atoms with van der Waals surface area (Å²) in [6.07, 6.45) is 2.45. The lowest BCUT2D eigenvalue weighted by Gasteiger charge is -2.29. The molecule has 0 bridgehead atoms. The second-order valence-electron chi connectivity index (χ2n) is 6.55. The summed E-state index contributed by atoms with van der Waals surface area (Å²) in [5.74, 6) is 0. The van der Waals surface area contributed by atoms with E-state index in [0.717, 1.165) is 10.7 Å². The minimum Gasteiger partial charge on any atom is -0.319 e. The standard InChI is InChI=1S/C13H22N2S/c1-11(2,3)9-8-16-10(15-9)13(5,14)12(4)6-7-12/h8H,6-7,14H2,1-5H3. The molecule has 1 aliphatic carbocycles. The average Bonchev–Trinajstić information content (AvgIpc) is 2.71. The highest BCUT2D eigenvalue weighted by atomic mass is 32.1. The Kier molecular flexibility index (Phi) is 2.48. The molecule has 2 rings (SSSR count). The molecule has 90 valence electrons. The number of hydrogen-bond acceptors (Lipinski definition) is 3. The first-order valence-electron chi connectivity index (χ1n) is 5.92. The molecule has 2 N–H and O–H groups in total. The van der Waals surface area contributed by atoms with E-state index >= 15 is 0 Å². The van der Waals surface area contributed by atoms with Crippen LogP contribution in [0.25, 0.3) is 0 Å². The summed E-state index contributed by atoms with van der Waals surface area (Å²) in [6, 6.07) is 0. The Morgan fingerprint density at radius 1 is 1.31 bits per heavy atom. The molecule has 1 fully saturated rings. The molecule has 1 saturated carbocycles. The summed E-state index contributed by atoms with van der Waals surface area (Å²) in [7, 11) is 0. The van der Waals surface area contributed by atoms with Gasteiger partial charge in [-0.3, -0.25) is 0 Å². The van der Waals surface area contributed by atoms with Crippen LogP contribution in [0.2, 0.25) is 0 Å². The molecule has 1 aromatic rings. The maximum absolute atomic E-state index is 6.48. The highest BCUT2D eigenvalue weighted by Crippen LogP contribution is 2.57. The minimum atomic E-state index is -0.263. The van der Waals surface area contributed by atoms with E-state index in [9.17, 15) is 0 Å². The van der Waals surface area contributed by atoms with Crippen LogP contribution in [-0.2, 0) is 11.0 Å². The summed E-state index contributed by atoms with van der Waals surface area (Å²) < 4.78 is 0. The van der Waals surface area contributed by atoms with Crippen molar-refractivity contribution in [2.75, 3.05) is 0 Å².